The Morgan fingerprint density at radius 3 is 2.77 bits per heavy atom. The summed E-state index contributed by atoms with van der Waals surface area (Å²) in [5.74, 6) is 0.109. The van der Waals surface area contributed by atoms with E-state index in [9.17, 15) is 13.2 Å². The minimum Gasteiger partial charge on any atom is -0.464 e. The Balaban J connectivity index is 1.85. The number of sulfonamides is 1. The molecule has 1 aromatic heterocycles. The first-order valence-corrected chi connectivity index (χ1v) is 9.90. The smallest absolute Gasteiger partial charge is 0.357 e. The fourth-order valence-corrected chi connectivity index (χ4v) is 6.09. The minimum atomic E-state index is -3.24. The Morgan fingerprint density at radius 1 is 1.41 bits per heavy atom. The maximum absolute atomic E-state index is 12.6. The van der Waals surface area contributed by atoms with E-state index in [-0.39, 0.29) is 11.8 Å². The van der Waals surface area contributed by atoms with Crippen molar-refractivity contribution in [2.75, 3.05) is 19.4 Å². The number of thiazole rings is 1. The number of rotatable bonds is 5. The van der Waals surface area contributed by atoms with E-state index >= 15 is 0 Å². The van der Waals surface area contributed by atoms with Crippen LogP contribution in [-0.4, -0.2) is 43.1 Å². The maximum Gasteiger partial charge on any atom is 0.357 e. The van der Waals surface area contributed by atoms with Gasteiger partial charge in [0.2, 0.25) is 10.0 Å². The lowest BCUT2D eigenvalue weighted by atomic mass is 10.2. The van der Waals surface area contributed by atoms with Gasteiger partial charge in [0.1, 0.15) is 5.01 Å². The number of esters is 1. The van der Waals surface area contributed by atoms with Crippen LogP contribution >= 0.6 is 11.3 Å². The van der Waals surface area contributed by atoms with E-state index in [1.165, 1.54) is 18.4 Å². The second-order valence-corrected chi connectivity index (χ2v) is 9.14. The number of ether oxygens (including phenoxy) is 1. The molecule has 1 saturated carbocycles. The van der Waals surface area contributed by atoms with E-state index in [2.05, 4.69) is 4.98 Å². The van der Waals surface area contributed by atoms with Gasteiger partial charge in [0.05, 0.1) is 18.9 Å². The summed E-state index contributed by atoms with van der Waals surface area (Å²) >= 11 is 1.39. The molecule has 0 radical (unpaired) electrons. The van der Waals surface area contributed by atoms with Gasteiger partial charge in [-0.15, -0.1) is 11.3 Å². The van der Waals surface area contributed by atoms with Crippen molar-refractivity contribution in [1.82, 2.24) is 9.29 Å². The number of methoxy groups -OCH3 is 1. The van der Waals surface area contributed by atoms with Gasteiger partial charge in [-0.25, -0.2) is 18.2 Å². The highest BCUT2D eigenvalue weighted by atomic mass is 32.2. The summed E-state index contributed by atoms with van der Waals surface area (Å²) in [6, 6.07) is -0.231. The fraction of sp³-hybridized carbons (Fsp3) is 0.714. The van der Waals surface area contributed by atoms with Crippen LogP contribution in [0.5, 0.6) is 0 Å². The van der Waals surface area contributed by atoms with Crippen molar-refractivity contribution >= 4 is 27.3 Å². The number of carbonyl (C=O) groups excluding carboxylic acids is 1. The van der Waals surface area contributed by atoms with Gasteiger partial charge in [-0.05, 0) is 38.5 Å². The summed E-state index contributed by atoms with van der Waals surface area (Å²) in [7, 11) is -1.92. The molecule has 2 heterocycles. The van der Waals surface area contributed by atoms with E-state index < -0.39 is 16.0 Å². The number of carbonyl (C=O) groups is 1. The summed E-state index contributed by atoms with van der Waals surface area (Å²) in [6.45, 7) is 2.36. The van der Waals surface area contributed by atoms with Gasteiger partial charge < -0.3 is 4.74 Å². The quantitative estimate of drug-likeness (QED) is 0.765. The zero-order valence-electron chi connectivity index (χ0n) is 12.7. The molecule has 8 heteroatoms. The Kier molecular flexibility index (Phi) is 4.26. The first kappa shape index (κ1) is 15.9. The molecule has 6 nitrogen and oxygen atoms in total. The minimum absolute atomic E-state index is 0.231. The normalized spacial score (nSPS) is 22.9. The topological polar surface area (TPSA) is 76.6 Å². The van der Waals surface area contributed by atoms with Crippen molar-refractivity contribution in [1.29, 1.82) is 0 Å². The van der Waals surface area contributed by atoms with Crippen molar-refractivity contribution in [3.05, 3.63) is 15.6 Å². The molecule has 22 heavy (non-hydrogen) atoms. The van der Waals surface area contributed by atoms with Gasteiger partial charge in [-0.1, -0.05) is 0 Å². The molecular formula is C14H20N2O4S2. The molecule has 1 saturated heterocycles. The highest BCUT2D eigenvalue weighted by Crippen LogP contribution is 2.39. The fourth-order valence-electron chi connectivity index (χ4n) is 2.84. The standard InChI is InChI=1S/C14H20N2O4S2/c1-9-12(14(17)20-2)15-13(21-9)11-4-3-7-16(11)22(18,19)8-10-5-6-10/h10-11H,3-8H2,1-2H3. The first-order chi connectivity index (χ1) is 10.4. The second-order valence-electron chi connectivity index (χ2n) is 5.94. The lowest BCUT2D eigenvalue weighted by Crippen LogP contribution is -2.33. The highest BCUT2D eigenvalue weighted by molar-refractivity contribution is 7.89. The molecule has 2 aliphatic rings. The molecule has 0 bridgehead atoms. The monoisotopic (exact) mass is 344 g/mol. The van der Waals surface area contributed by atoms with Gasteiger partial charge in [0.15, 0.2) is 5.69 Å². The number of hydrogen-bond donors (Lipinski definition) is 0. The van der Waals surface area contributed by atoms with Gasteiger partial charge >= 0.3 is 5.97 Å². The third-order valence-electron chi connectivity index (χ3n) is 4.18. The Labute approximate surface area is 134 Å². The third-order valence-corrected chi connectivity index (χ3v) is 7.30. The van der Waals surface area contributed by atoms with Crippen molar-refractivity contribution in [3.8, 4) is 0 Å². The highest BCUT2D eigenvalue weighted by Gasteiger charge is 2.40. The summed E-state index contributed by atoms with van der Waals surface area (Å²) in [5.41, 5.74) is 0.300. The Bertz CT molecular complexity index is 679. The van der Waals surface area contributed by atoms with Crippen LogP contribution in [0.3, 0.4) is 0 Å². The average Bonchev–Trinajstić information content (AvgIpc) is 3.00. The predicted molar refractivity (Wildman–Crippen MR) is 83.4 cm³/mol. The van der Waals surface area contributed by atoms with E-state index in [1.54, 1.807) is 4.31 Å². The molecule has 2 fully saturated rings. The zero-order valence-corrected chi connectivity index (χ0v) is 14.4. The van der Waals surface area contributed by atoms with Gasteiger partial charge in [0.25, 0.3) is 0 Å². The number of nitrogens with zero attached hydrogens (tertiary/aromatic N) is 2. The van der Waals surface area contributed by atoms with Gasteiger partial charge in [0, 0.05) is 11.4 Å². The largest absolute Gasteiger partial charge is 0.464 e. The van der Waals surface area contributed by atoms with Crippen molar-refractivity contribution < 1.29 is 17.9 Å². The Morgan fingerprint density at radius 2 is 2.14 bits per heavy atom. The van der Waals surface area contributed by atoms with Gasteiger partial charge in [-0.3, -0.25) is 0 Å². The molecule has 0 spiro atoms. The van der Waals surface area contributed by atoms with Crippen LogP contribution in [-0.2, 0) is 14.8 Å². The zero-order chi connectivity index (χ0) is 15.9. The second kappa shape index (κ2) is 5.90. The van der Waals surface area contributed by atoms with Crippen LogP contribution in [0.2, 0.25) is 0 Å². The average molecular weight is 344 g/mol. The van der Waals surface area contributed by atoms with Crippen LogP contribution in [0.4, 0.5) is 0 Å². The predicted octanol–water partition coefficient (Wildman–Crippen LogP) is 2.11. The summed E-state index contributed by atoms with van der Waals surface area (Å²) in [6.07, 6.45) is 3.62. The molecule has 0 aromatic carbocycles. The van der Waals surface area contributed by atoms with E-state index in [0.717, 1.165) is 30.6 Å². The number of aromatic nitrogens is 1. The molecule has 122 valence electrons. The molecule has 0 amide bonds. The summed E-state index contributed by atoms with van der Waals surface area (Å²) in [5, 5.41) is 0.703. The number of aryl methyl sites for hydroxylation is 1. The maximum atomic E-state index is 12.6. The van der Waals surface area contributed by atoms with Crippen molar-refractivity contribution in [2.24, 2.45) is 5.92 Å². The summed E-state index contributed by atoms with van der Waals surface area (Å²) in [4.78, 5) is 16.8. The summed E-state index contributed by atoms with van der Waals surface area (Å²) < 4.78 is 31.4. The van der Waals surface area contributed by atoms with Crippen LogP contribution in [0, 0.1) is 12.8 Å². The third kappa shape index (κ3) is 3.04. The molecule has 1 aliphatic heterocycles. The van der Waals surface area contributed by atoms with Crippen LogP contribution < -0.4 is 0 Å². The number of hydrogen-bond acceptors (Lipinski definition) is 6. The van der Waals surface area contributed by atoms with Crippen molar-refractivity contribution in [2.45, 2.75) is 38.6 Å². The first-order valence-electron chi connectivity index (χ1n) is 7.47. The van der Waals surface area contributed by atoms with Crippen LogP contribution in [0.1, 0.15) is 52.1 Å². The molecule has 1 unspecified atom stereocenters. The molecule has 1 aliphatic carbocycles. The van der Waals surface area contributed by atoms with Crippen LogP contribution in [0.15, 0.2) is 0 Å². The lowest BCUT2D eigenvalue weighted by molar-refractivity contribution is 0.0594. The molecule has 3 rings (SSSR count). The molecule has 0 N–H and O–H groups in total. The van der Waals surface area contributed by atoms with Gasteiger partial charge in [-0.2, -0.15) is 4.31 Å². The Hall–Kier alpha value is -0.990. The van der Waals surface area contributed by atoms with E-state index in [0.29, 0.717) is 23.2 Å². The van der Waals surface area contributed by atoms with Crippen LogP contribution in [0.25, 0.3) is 0 Å². The molecule has 1 aromatic rings. The van der Waals surface area contributed by atoms with E-state index in [4.69, 9.17) is 4.74 Å². The van der Waals surface area contributed by atoms with Crippen molar-refractivity contribution in [3.63, 3.8) is 0 Å². The molecular weight excluding hydrogens is 324 g/mol. The molecule has 1 atom stereocenters. The lowest BCUT2D eigenvalue weighted by Gasteiger charge is -2.22. The van der Waals surface area contributed by atoms with E-state index in [1.807, 2.05) is 6.92 Å². The SMILES string of the molecule is COC(=O)c1nc(C2CCCN2S(=O)(=O)CC2CC2)sc1C.